The lowest BCUT2D eigenvalue weighted by Crippen LogP contribution is -2.20. The van der Waals surface area contributed by atoms with Crippen LogP contribution in [0.4, 0.5) is 0 Å². The number of carboxylic acid groups (broad SMARTS) is 1. The van der Waals surface area contributed by atoms with Gasteiger partial charge in [-0.15, -0.1) is 0 Å². The Morgan fingerprint density at radius 2 is 2.13 bits per heavy atom. The Kier molecular flexibility index (Phi) is 6.74. The first kappa shape index (κ1) is 20.8. The van der Waals surface area contributed by atoms with Crippen LogP contribution in [-0.2, 0) is 16.0 Å². The molecule has 0 amide bonds. The van der Waals surface area contributed by atoms with Crippen molar-refractivity contribution in [2.24, 2.45) is 0 Å². The maximum atomic E-state index is 10.8. The van der Waals surface area contributed by atoms with E-state index in [9.17, 15) is 4.79 Å². The predicted molar refractivity (Wildman–Crippen MR) is 117 cm³/mol. The van der Waals surface area contributed by atoms with E-state index in [0.717, 1.165) is 54.5 Å². The maximum Gasteiger partial charge on any atom is 0.328 e. The quantitative estimate of drug-likeness (QED) is 0.546. The number of hydrogen-bond acceptors (Lipinski definition) is 5. The summed E-state index contributed by atoms with van der Waals surface area (Å²) >= 11 is 0. The summed E-state index contributed by atoms with van der Waals surface area (Å²) in [6.07, 6.45) is 10.1. The van der Waals surface area contributed by atoms with Gasteiger partial charge < -0.3 is 14.6 Å². The molecule has 2 aromatic heterocycles. The average Bonchev–Trinajstić information content (AvgIpc) is 3.29. The summed E-state index contributed by atoms with van der Waals surface area (Å²) < 4.78 is 13.6. The van der Waals surface area contributed by atoms with E-state index < -0.39 is 5.97 Å². The number of aromatic nitrogens is 3. The van der Waals surface area contributed by atoms with Crippen molar-refractivity contribution < 1.29 is 19.4 Å². The van der Waals surface area contributed by atoms with Gasteiger partial charge in [0.2, 0.25) is 0 Å². The number of pyridine rings is 1. The van der Waals surface area contributed by atoms with Crippen molar-refractivity contribution in [3.05, 3.63) is 72.1 Å². The van der Waals surface area contributed by atoms with Crippen LogP contribution in [0.25, 0.3) is 17.5 Å². The molecule has 4 rings (SSSR count). The predicted octanol–water partition coefficient (Wildman–Crippen LogP) is 4.36. The Hall–Kier alpha value is -3.45. The van der Waals surface area contributed by atoms with Gasteiger partial charge in [0.15, 0.2) is 6.23 Å². The fourth-order valence-electron chi connectivity index (χ4n) is 3.64. The Bertz CT molecular complexity index is 1040. The van der Waals surface area contributed by atoms with Crippen LogP contribution >= 0.6 is 0 Å². The highest BCUT2D eigenvalue weighted by molar-refractivity contribution is 5.85. The minimum atomic E-state index is -0.964. The zero-order chi connectivity index (χ0) is 21.5. The Balaban J connectivity index is 1.37. The van der Waals surface area contributed by atoms with Gasteiger partial charge in [0.05, 0.1) is 24.2 Å². The normalized spacial score (nSPS) is 16.5. The van der Waals surface area contributed by atoms with Crippen molar-refractivity contribution in [1.82, 2.24) is 14.8 Å². The first-order valence-electron chi connectivity index (χ1n) is 10.4. The number of aliphatic carboxylic acids is 1. The highest BCUT2D eigenvalue weighted by atomic mass is 16.5. The van der Waals surface area contributed by atoms with Crippen LogP contribution < -0.4 is 4.74 Å². The first-order valence-corrected chi connectivity index (χ1v) is 10.4. The molecule has 1 fully saturated rings. The molecule has 0 aliphatic carbocycles. The summed E-state index contributed by atoms with van der Waals surface area (Å²) in [5, 5.41) is 13.3. The zero-order valence-corrected chi connectivity index (χ0v) is 17.2. The summed E-state index contributed by atoms with van der Waals surface area (Å²) in [6, 6.07) is 13.5. The van der Waals surface area contributed by atoms with Crippen LogP contribution in [-0.4, -0.2) is 39.1 Å². The van der Waals surface area contributed by atoms with Crippen LogP contribution in [0, 0.1) is 0 Å². The number of ether oxygens (including phenoxy) is 2. The zero-order valence-electron chi connectivity index (χ0n) is 17.2. The summed E-state index contributed by atoms with van der Waals surface area (Å²) in [5.74, 6) is -0.282. The Morgan fingerprint density at radius 1 is 1.23 bits per heavy atom. The van der Waals surface area contributed by atoms with E-state index in [-0.39, 0.29) is 6.23 Å². The second-order valence-corrected chi connectivity index (χ2v) is 7.33. The summed E-state index contributed by atoms with van der Waals surface area (Å²) in [7, 11) is 0. The van der Waals surface area contributed by atoms with Crippen LogP contribution in [0.15, 0.2) is 60.9 Å². The van der Waals surface area contributed by atoms with Crippen molar-refractivity contribution in [2.75, 3.05) is 13.2 Å². The van der Waals surface area contributed by atoms with Crippen LogP contribution in [0.3, 0.4) is 0 Å². The van der Waals surface area contributed by atoms with E-state index in [2.05, 4.69) is 10.1 Å². The molecule has 1 aromatic carbocycles. The number of carbonyl (C=O) groups is 1. The molecule has 3 aromatic rings. The van der Waals surface area contributed by atoms with Crippen LogP contribution in [0.1, 0.15) is 36.6 Å². The van der Waals surface area contributed by atoms with E-state index in [0.29, 0.717) is 18.8 Å². The summed E-state index contributed by atoms with van der Waals surface area (Å²) in [6.45, 7) is 1.23. The average molecular weight is 419 g/mol. The third-order valence-corrected chi connectivity index (χ3v) is 5.20. The molecule has 7 nitrogen and oxygen atoms in total. The minimum Gasteiger partial charge on any atom is -0.492 e. The Labute approximate surface area is 181 Å². The van der Waals surface area contributed by atoms with Crippen LogP contribution in [0.2, 0.25) is 0 Å². The molecule has 1 saturated heterocycles. The molecule has 0 saturated carbocycles. The van der Waals surface area contributed by atoms with E-state index in [1.807, 2.05) is 47.1 Å². The molecule has 3 heterocycles. The second kappa shape index (κ2) is 10.0. The standard InChI is InChI=1S/C24H25N3O4/c28-24(29)11-8-18-5-1-2-6-19(18)13-16-30-20-9-10-21(25-17-20)22-12-14-26-27(22)23-7-3-4-15-31-23/h1-2,5-6,8-12,14,17,23H,3-4,7,13,15-16H2,(H,28,29)/b11-8+. The van der Waals surface area contributed by atoms with Crippen molar-refractivity contribution >= 4 is 12.0 Å². The van der Waals surface area contributed by atoms with E-state index in [1.165, 1.54) is 0 Å². The largest absolute Gasteiger partial charge is 0.492 e. The van der Waals surface area contributed by atoms with E-state index in [1.54, 1.807) is 18.5 Å². The van der Waals surface area contributed by atoms with Gasteiger partial charge in [-0.1, -0.05) is 24.3 Å². The minimum absolute atomic E-state index is 0.0354. The van der Waals surface area contributed by atoms with E-state index >= 15 is 0 Å². The van der Waals surface area contributed by atoms with Gasteiger partial charge >= 0.3 is 5.97 Å². The SMILES string of the molecule is O=C(O)/C=C/c1ccccc1CCOc1ccc(-c2ccnn2C2CCCCO2)nc1. The third kappa shape index (κ3) is 5.38. The van der Waals surface area contributed by atoms with Crippen molar-refractivity contribution in [1.29, 1.82) is 0 Å². The molecule has 1 aliphatic heterocycles. The topological polar surface area (TPSA) is 86.5 Å². The number of rotatable bonds is 8. The van der Waals surface area contributed by atoms with Gasteiger partial charge in [-0.3, -0.25) is 4.98 Å². The lowest BCUT2D eigenvalue weighted by Gasteiger charge is -2.24. The molecule has 1 atom stereocenters. The molecule has 0 radical (unpaired) electrons. The molecule has 7 heteroatoms. The molecule has 1 N–H and O–H groups in total. The Morgan fingerprint density at radius 3 is 2.90 bits per heavy atom. The molecule has 1 unspecified atom stereocenters. The molecular formula is C24H25N3O4. The molecule has 31 heavy (non-hydrogen) atoms. The van der Waals surface area contributed by atoms with Gasteiger partial charge in [0.1, 0.15) is 5.75 Å². The summed E-state index contributed by atoms with van der Waals surface area (Å²) in [5.41, 5.74) is 3.65. The van der Waals surface area contributed by atoms with Crippen LogP contribution in [0.5, 0.6) is 5.75 Å². The lowest BCUT2D eigenvalue weighted by molar-refractivity contribution is -0.131. The van der Waals surface area contributed by atoms with Crippen molar-refractivity contribution in [3.63, 3.8) is 0 Å². The number of carboxylic acids is 1. The fraction of sp³-hybridized carbons (Fsp3) is 0.292. The highest BCUT2D eigenvalue weighted by Crippen LogP contribution is 2.28. The lowest BCUT2D eigenvalue weighted by atomic mass is 10.0. The highest BCUT2D eigenvalue weighted by Gasteiger charge is 2.20. The third-order valence-electron chi connectivity index (χ3n) is 5.20. The molecule has 160 valence electrons. The fourth-order valence-corrected chi connectivity index (χ4v) is 3.64. The van der Waals surface area contributed by atoms with E-state index in [4.69, 9.17) is 14.6 Å². The second-order valence-electron chi connectivity index (χ2n) is 7.33. The van der Waals surface area contributed by atoms with Crippen molar-refractivity contribution in [3.8, 4) is 17.1 Å². The maximum absolute atomic E-state index is 10.8. The first-order chi connectivity index (χ1) is 15.2. The van der Waals surface area contributed by atoms with Gasteiger partial charge in [0.25, 0.3) is 0 Å². The van der Waals surface area contributed by atoms with Gasteiger partial charge in [-0.05, 0) is 54.7 Å². The van der Waals surface area contributed by atoms with Gasteiger partial charge in [-0.25, -0.2) is 9.48 Å². The van der Waals surface area contributed by atoms with Gasteiger partial charge in [0, 0.05) is 25.3 Å². The molecule has 1 aliphatic rings. The smallest absolute Gasteiger partial charge is 0.328 e. The number of nitrogens with zero attached hydrogens (tertiary/aromatic N) is 3. The van der Waals surface area contributed by atoms with Crippen molar-refractivity contribution in [2.45, 2.75) is 31.9 Å². The summed E-state index contributed by atoms with van der Waals surface area (Å²) in [4.78, 5) is 15.3. The number of hydrogen-bond donors (Lipinski definition) is 1. The molecule has 0 spiro atoms. The monoisotopic (exact) mass is 419 g/mol. The molecule has 0 bridgehead atoms. The van der Waals surface area contributed by atoms with Gasteiger partial charge in [-0.2, -0.15) is 5.10 Å². The molecular weight excluding hydrogens is 394 g/mol. The number of benzene rings is 1.